The molecule has 0 bridgehead atoms. The van der Waals surface area contributed by atoms with Gasteiger partial charge in [0.1, 0.15) is 22.8 Å². The Labute approximate surface area is 226 Å². The molecule has 2 aliphatic heterocycles. The van der Waals surface area contributed by atoms with Crippen LogP contribution in [0.25, 0.3) is 10.2 Å². The minimum absolute atomic E-state index is 0.110. The number of fused-ring (bicyclic) bond motifs is 1. The monoisotopic (exact) mass is 529 g/mol. The number of amides is 1. The summed E-state index contributed by atoms with van der Waals surface area (Å²) < 4.78 is 14.3. The molecule has 2 aromatic carbocycles. The molecule has 0 N–H and O–H groups in total. The molecule has 8 heteroatoms. The van der Waals surface area contributed by atoms with Crippen molar-refractivity contribution < 1.29 is 9.18 Å². The summed E-state index contributed by atoms with van der Waals surface area (Å²) in [5.41, 5.74) is 2.99. The van der Waals surface area contributed by atoms with E-state index in [-0.39, 0.29) is 11.7 Å². The summed E-state index contributed by atoms with van der Waals surface area (Å²) in [4.78, 5) is 30.7. The predicted octanol–water partition coefficient (Wildman–Crippen LogP) is 5.56. The van der Waals surface area contributed by atoms with Crippen molar-refractivity contribution in [1.82, 2.24) is 14.9 Å². The third kappa shape index (κ3) is 4.85. The smallest absolute Gasteiger partial charge is 0.264 e. The Hall–Kier alpha value is -3.52. The van der Waals surface area contributed by atoms with Crippen LogP contribution >= 0.6 is 11.3 Å². The SMILES string of the molecule is Cc1c(C(=O)N2CCC(Cc3ccccc3)CC2)sc2ncnc(N3CCN(c4ccccc4F)CC3)c12. The van der Waals surface area contributed by atoms with E-state index in [1.807, 2.05) is 24.0 Å². The molecule has 4 heterocycles. The number of likely N-dealkylation sites (tertiary alicyclic amines) is 1. The Morgan fingerprint density at radius 2 is 1.61 bits per heavy atom. The van der Waals surface area contributed by atoms with Gasteiger partial charge >= 0.3 is 0 Å². The fourth-order valence-electron chi connectivity index (χ4n) is 5.80. The quantitative estimate of drug-likeness (QED) is 0.339. The van der Waals surface area contributed by atoms with E-state index in [4.69, 9.17) is 0 Å². The number of rotatable bonds is 5. The van der Waals surface area contributed by atoms with E-state index in [1.165, 1.54) is 23.0 Å². The summed E-state index contributed by atoms with van der Waals surface area (Å²) in [6.07, 6.45) is 4.73. The number of hydrogen-bond donors (Lipinski definition) is 0. The van der Waals surface area contributed by atoms with Crippen molar-refractivity contribution in [3.63, 3.8) is 0 Å². The van der Waals surface area contributed by atoms with Gasteiger partial charge in [0.05, 0.1) is 16.0 Å². The molecule has 4 aromatic rings. The van der Waals surface area contributed by atoms with Crippen LogP contribution in [0.1, 0.15) is 33.6 Å². The number of halogens is 1. The molecule has 0 atom stereocenters. The average Bonchev–Trinajstić information content (AvgIpc) is 3.30. The van der Waals surface area contributed by atoms with Crippen LogP contribution in [0, 0.1) is 18.7 Å². The lowest BCUT2D eigenvalue weighted by molar-refractivity contribution is 0.0695. The maximum absolute atomic E-state index is 14.3. The van der Waals surface area contributed by atoms with E-state index in [0.717, 1.165) is 71.9 Å². The fourth-order valence-corrected chi connectivity index (χ4v) is 6.91. The van der Waals surface area contributed by atoms with Gasteiger partial charge in [0.2, 0.25) is 0 Å². The van der Waals surface area contributed by atoms with E-state index in [2.05, 4.69) is 50.1 Å². The summed E-state index contributed by atoms with van der Waals surface area (Å²) in [5, 5.41) is 0.971. The first kappa shape index (κ1) is 24.8. The second kappa shape index (κ2) is 10.7. The molecular formula is C30H32FN5OS. The van der Waals surface area contributed by atoms with Crippen molar-refractivity contribution in [2.45, 2.75) is 26.2 Å². The van der Waals surface area contributed by atoms with Crippen LogP contribution in [0.4, 0.5) is 15.9 Å². The number of piperazine rings is 1. The van der Waals surface area contributed by atoms with E-state index in [0.29, 0.717) is 24.7 Å². The van der Waals surface area contributed by atoms with Gasteiger partial charge in [0.25, 0.3) is 5.91 Å². The summed E-state index contributed by atoms with van der Waals surface area (Å²) >= 11 is 1.48. The van der Waals surface area contributed by atoms with Crippen molar-refractivity contribution >= 4 is 39.0 Å². The number of carbonyl (C=O) groups is 1. The van der Waals surface area contributed by atoms with Gasteiger partial charge in [-0.2, -0.15) is 0 Å². The molecule has 0 saturated carbocycles. The van der Waals surface area contributed by atoms with Gasteiger partial charge < -0.3 is 14.7 Å². The number of nitrogens with zero attached hydrogens (tertiary/aromatic N) is 5. The highest BCUT2D eigenvalue weighted by Crippen LogP contribution is 2.37. The molecule has 0 unspecified atom stereocenters. The predicted molar refractivity (Wildman–Crippen MR) is 152 cm³/mol. The molecule has 2 aromatic heterocycles. The largest absolute Gasteiger partial charge is 0.366 e. The van der Waals surface area contributed by atoms with Crippen molar-refractivity contribution in [2.75, 3.05) is 49.1 Å². The van der Waals surface area contributed by atoms with E-state index in [1.54, 1.807) is 12.4 Å². The number of anilines is 2. The summed E-state index contributed by atoms with van der Waals surface area (Å²) in [6, 6.07) is 17.6. The summed E-state index contributed by atoms with van der Waals surface area (Å²) in [5.74, 6) is 1.41. The Balaban J connectivity index is 1.15. The lowest BCUT2D eigenvalue weighted by Gasteiger charge is -2.37. The molecule has 196 valence electrons. The zero-order valence-electron chi connectivity index (χ0n) is 21.6. The van der Waals surface area contributed by atoms with Crippen LogP contribution in [0.5, 0.6) is 0 Å². The van der Waals surface area contributed by atoms with Crippen LogP contribution in [0.15, 0.2) is 60.9 Å². The Morgan fingerprint density at radius 1 is 0.921 bits per heavy atom. The average molecular weight is 530 g/mol. The van der Waals surface area contributed by atoms with E-state index >= 15 is 0 Å². The zero-order chi connectivity index (χ0) is 26.1. The van der Waals surface area contributed by atoms with Crippen LogP contribution in [0.3, 0.4) is 0 Å². The van der Waals surface area contributed by atoms with Crippen LogP contribution in [0.2, 0.25) is 0 Å². The number of carbonyl (C=O) groups excluding carboxylic acids is 1. The van der Waals surface area contributed by atoms with Crippen molar-refractivity contribution in [1.29, 1.82) is 0 Å². The van der Waals surface area contributed by atoms with E-state index < -0.39 is 0 Å². The minimum atomic E-state index is -0.189. The van der Waals surface area contributed by atoms with Gasteiger partial charge in [-0.25, -0.2) is 14.4 Å². The Bertz CT molecular complexity index is 1430. The van der Waals surface area contributed by atoms with Crippen LogP contribution in [-0.4, -0.2) is 60.0 Å². The molecule has 0 spiro atoms. The lowest BCUT2D eigenvalue weighted by Crippen LogP contribution is -2.47. The second-order valence-electron chi connectivity index (χ2n) is 10.3. The molecule has 1 amide bonds. The number of aromatic nitrogens is 2. The first-order chi connectivity index (χ1) is 18.6. The second-order valence-corrected chi connectivity index (χ2v) is 11.3. The highest BCUT2D eigenvalue weighted by atomic mass is 32.1. The van der Waals surface area contributed by atoms with Gasteiger partial charge in [-0.1, -0.05) is 42.5 Å². The normalized spacial score (nSPS) is 16.8. The summed E-state index contributed by atoms with van der Waals surface area (Å²) in [7, 11) is 0. The van der Waals surface area contributed by atoms with Gasteiger partial charge in [0, 0.05) is 39.3 Å². The van der Waals surface area contributed by atoms with Crippen molar-refractivity contribution in [3.05, 3.63) is 82.7 Å². The first-order valence-corrected chi connectivity index (χ1v) is 14.2. The molecule has 2 fully saturated rings. The number of hydrogen-bond acceptors (Lipinski definition) is 6. The minimum Gasteiger partial charge on any atom is -0.366 e. The zero-order valence-corrected chi connectivity index (χ0v) is 22.5. The standard InChI is InChI=1S/C30H32FN5OS/c1-21-26-28(35-17-15-34(16-18-35)25-10-6-5-9-24(25)31)32-20-33-29(26)38-27(21)30(37)36-13-11-23(12-14-36)19-22-7-3-2-4-8-22/h2-10,20,23H,11-19H2,1H3. The molecule has 0 aliphatic carbocycles. The molecule has 0 radical (unpaired) electrons. The first-order valence-electron chi connectivity index (χ1n) is 13.4. The number of aryl methyl sites for hydroxylation is 1. The van der Waals surface area contributed by atoms with Crippen molar-refractivity contribution in [2.24, 2.45) is 5.92 Å². The Morgan fingerprint density at radius 3 is 2.34 bits per heavy atom. The number of thiophene rings is 1. The maximum Gasteiger partial charge on any atom is 0.264 e. The summed E-state index contributed by atoms with van der Waals surface area (Å²) in [6.45, 7) is 6.48. The van der Waals surface area contributed by atoms with Gasteiger partial charge in [-0.05, 0) is 55.4 Å². The lowest BCUT2D eigenvalue weighted by atomic mass is 9.90. The number of benzene rings is 2. The molecule has 6 nitrogen and oxygen atoms in total. The number of piperidine rings is 1. The Kier molecular flexibility index (Phi) is 6.98. The highest BCUT2D eigenvalue weighted by Gasteiger charge is 2.29. The number of para-hydroxylation sites is 1. The van der Waals surface area contributed by atoms with Gasteiger partial charge in [-0.3, -0.25) is 4.79 Å². The third-order valence-corrected chi connectivity index (χ3v) is 9.13. The highest BCUT2D eigenvalue weighted by molar-refractivity contribution is 7.20. The topological polar surface area (TPSA) is 52.6 Å². The van der Waals surface area contributed by atoms with E-state index in [9.17, 15) is 9.18 Å². The van der Waals surface area contributed by atoms with Gasteiger partial charge in [-0.15, -0.1) is 11.3 Å². The molecule has 38 heavy (non-hydrogen) atoms. The molecular weight excluding hydrogens is 497 g/mol. The molecule has 6 rings (SSSR count). The third-order valence-electron chi connectivity index (χ3n) is 7.94. The maximum atomic E-state index is 14.3. The van der Waals surface area contributed by atoms with Crippen molar-refractivity contribution in [3.8, 4) is 0 Å². The molecule has 2 saturated heterocycles. The fraction of sp³-hybridized carbons (Fsp3) is 0.367. The van der Waals surface area contributed by atoms with Crippen LogP contribution in [-0.2, 0) is 6.42 Å². The van der Waals surface area contributed by atoms with Gasteiger partial charge in [0.15, 0.2) is 0 Å². The molecule has 2 aliphatic rings. The van der Waals surface area contributed by atoms with Crippen LogP contribution < -0.4 is 9.80 Å².